The number of nitrogens with one attached hydrogen (secondary N) is 1. The molecular formula is C20H24F6N2O5. The van der Waals surface area contributed by atoms with Gasteiger partial charge in [-0.2, -0.15) is 26.3 Å². The molecule has 0 radical (unpaired) electrons. The molecule has 0 amide bonds. The van der Waals surface area contributed by atoms with E-state index < -0.39 is 24.3 Å². The lowest BCUT2D eigenvalue weighted by Gasteiger charge is -2.24. The number of aliphatic carboxylic acids is 2. The number of nitrogens with zero attached hydrogens (tertiary/aromatic N) is 1. The van der Waals surface area contributed by atoms with Crippen molar-refractivity contribution in [2.24, 2.45) is 5.92 Å². The highest BCUT2D eigenvalue weighted by Gasteiger charge is 2.40. The largest absolute Gasteiger partial charge is 0.490 e. The Hall–Kier alpha value is -2.41. The Morgan fingerprint density at radius 1 is 1.03 bits per heavy atom. The third kappa shape index (κ3) is 8.14. The average Bonchev–Trinajstić information content (AvgIpc) is 3.35. The van der Waals surface area contributed by atoms with Crippen LogP contribution in [0.5, 0.6) is 0 Å². The summed E-state index contributed by atoms with van der Waals surface area (Å²) in [4.78, 5) is 22.4. The minimum absolute atomic E-state index is 0.465. The molecule has 3 atom stereocenters. The van der Waals surface area contributed by atoms with Crippen molar-refractivity contribution in [3.05, 3.63) is 29.1 Å². The SMILES string of the molecule is O=C(O)C(F)(F)F.O=C(O)C(F)(F)F.c1cc2c(c(CO[C@H]3C[C@H]4C[C@@H]3CN4)n1)CCCC2. The summed E-state index contributed by atoms with van der Waals surface area (Å²) in [5, 5.41) is 17.8. The Kier molecular flexibility index (Phi) is 9.06. The Morgan fingerprint density at radius 3 is 2.09 bits per heavy atom. The van der Waals surface area contributed by atoms with E-state index in [0.717, 1.165) is 19.1 Å². The predicted molar refractivity (Wildman–Crippen MR) is 101 cm³/mol. The lowest BCUT2D eigenvalue weighted by molar-refractivity contribution is -0.193. The van der Waals surface area contributed by atoms with Gasteiger partial charge < -0.3 is 20.3 Å². The Morgan fingerprint density at radius 2 is 1.61 bits per heavy atom. The van der Waals surface area contributed by atoms with E-state index >= 15 is 0 Å². The van der Waals surface area contributed by atoms with Crippen LogP contribution in [-0.2, 0) is 33.8 Å². The van der Waals surface area contributed by atoms with Crippen molar-refractivity contribution in [1.29, 1.82) is 0 Å². The van der Waals surface area contributed by atoms with Crippen molar-refractivity contribution in [3.63, 3.8) is 0 Å². The van der Waals surface area contributed by atoms with Gasteiger partial charge in [-0.05, 0) is 61.6 Å². The number of piperidine rings is 1. The normalized spacial score (nSPS) is 23.5. The van der Waals surface area contributed by atoms with Crippen molar-refractivity contribution in [3.8, 4) is 0 Å². The van der Waals surface area contributed by atoms with Crippen LogP contribution in [0.25, 0.3) is 0 Å². The topological polar surface area (TPSA) is 109 Å². The molecule has 1 aromatic rings. The van der Waals surface area contributed by atoms with E-state index in [2.05, 4.69) is 16.4 Å². The van der Waals surface area contributed by atoms with E-state index in [1.165, 1.54) is 55.3 Å². The number of carboxylic acids is 2. The molecule has 3 aliphatic rings. The first-order valence-electron chi connectivity index (χ1n) is 10.2. The standard InChI is InChI=1S/C16H22N2O.2C2HF3O2/c1-2-4-14-11(3-1)5-6-17-15(14)10-19-16-8-13-7-12(16)9-18-13;2*3-2(4,5)1(6)7/h5-6,12-13,16,18H,1-4,7-10H2;2*(H,6,7)/t12-,13-,16+;;/m1../s1. The fourth-order valence-corrected chi connectivity index (χ4v) is 4.04. The zero-order chi connectivity index (χ0) is 24.8. The molecule has 2 fully saturated rings. The van der Waals surface area contributed by atoms with E-state index in [9.17, 15) is 26.3 Å². The van der Waals surface area contributed by atoms with E-state index in [1.807, 2.05) is 6.20 Å². The number of aromatic nitrogens is 1. The van der Waals surface area contributed by atoms with Crippen LogP contribution in [0.3, 0.4) is 0 Å². The van der Waals surface area contributed by atoms with Crippen molar-refractivity contribution in [2.45, 2.75) is 69.6 Å². The highest BCUT2D eigenvalue weighted by Crippen LogP contribution is 2.34. The number of ether oxygens (including phenoxy) is 1. The number of carboxylic acid groups (broad SMARTS) is 2. The summed E-state index contributed by atoms with van der Waals surface area (Å²) in [6.45, 7) is 1.87. The summed E-state index contributed by atoms with van der Waals surface area (Å²) in [6, 6.07) is 2.91. The monoisotopic (exact) mass is 486 g/mol. The molecule has 0 unspecified atom stereocenters. The molecule has 2 heterocycles. The zero-order valence-electron chi connectivity index (χ0n) is 17.4. The smallest absolute Gasteiger partial charge is 0.475 e. The number of aryl methyl sites for hydroxylation is 1. The van der Waals surface area contributed by atoms with Crippen LogP contribution in [0.15, 0.2) is 12.3 Å². The first-order chi connectivity index (χ1) is 15.3. The molecule has 1 saturated heterocycles. The maximum absolute atomic E-state index is 10.6. The third-order valence-corrected chi connectivity index (χ3v) is 5.58. The van der Waals surface area contributed by atoms with E-state index in [1.54, 1.807) is 0 Å². The number of rotatable bonds is 3. The zero-order valence-corrected chi connectivity index (χ0v) is 17.4. The molecule has 0 spiro atoms. The Balaban J connectivity index is 0.000000230. The predicted octanol–water partition coefficient (Wildman–Crippen LogP) is 3.49. The minimum Gasteiger partial charge on any atom is -0.475 e. The number of alkyl halides is 6. The molecule has 4 rings (SSSR count). The molecule has 0 aromatic carbocycles. The van der Waals surface area contributed by atoms with Gasteiger partial charge in [-0.15, -0.1) is 0 Å². The van der Waals surface area contributed by atoms with Gasteiger partial charge in [-0.3, -0.25) is 4.98 Å². The number of pyridine rings is 1. The van der Waals surface area contributed by atoms with Gasteiger partial charge in [-0.25, -0.2) is 9.59 Å². The molecule has 1 aromatic heterocycles. The van der Waals surface area contributed by atoms with Gasteiger partial charge in [0, 0.05) is 18.8 Å². The van der Waals surface area contributed by atoms with E-state index in [4.69, 9.17) is 24.5 Å². The number of hydrogen-bond donors (Lipinski definition) is 3. The molecule has 1 saturated carbocycles. The summed E-state index contributed by atoms with van der Waals surface area (Å²) in [5.74, 6) is -4.77. The summed E-state index contributed by atoms with van der Waals surface area (Å²) < 4.78 is 69.7. The van der Waals surface area contributed by atoms with Crippen LogP contribution in [0.4, 0.5) is 26.3 Å². The number of fused-ring (bicyclic) bond motifs is 3. The fourth-order valence-electron chi connectivity index (χ4n) is 4.04. The van der Waals surface area contributed by atoms with Gasteiger partial charge in [0.15, 0.2) is 0 Å². The van der Waals surface area contributed by atoms with Crippen LogP contribution in [0.1, 0.15) is 42.5 Å². The Bertz CT molecular complexity index is 806. The maximum atomic E-state index is 10.6. The van der Waals surface area contributed by atoms with Gasteiger partial charge in [-0.1, -0.05) is 0 Å². The quantitative estimate of drug-likeness (QED) is 0.562. The van der Waals surface area contributed by atoms with Crippen LogP contribution < -0.4 is 5.32 Å². The van der Waals surface area contributed by atoms with Gasteiger partial charge in [0.05, 0.1) is 18.4 Å². The van der Waals surface area contributed by atoms with Crippen LogP contribution in [-0.4, -0.2) is 58.2 Å². The average molecular weight is 486 g/mol. The molecule has 1 aliphatic heterocycles. The molecule has 33 heavy (non-hydrogen) atoms. The van der Waals surface area contributed by atoms with Crippen LogP contribution in [0.2, 0.25) is 0 Å². The van der Waals surface area contributed by atoms with E-state index in [-0.39, 0.29) is 0 Å². The number of hydrogen-bond acceptors (Lipinski definition) is 5. The first-order valence-corrected chi connectivity index (χ1v) is 10.2. The highest BCUT2D eigenvalue weighted by atomic mass is 19.4. The van der Waals surface area contributed by atoms with Crippen molar-refractivity contribution >= 4 is 11.9 Å². The fraction of sp³-hybridized carbons (Fsp3) is 0.650. The maximum Gasteiger partial charge on any atom is 0.490 e. The summed E-state index contributed by atoms with van der Waals surface area (Å²) in [7, 11) is 0. The minimum atomic E-state index is -5.08. The highest BCUT2D eigenvalue weighted by molar-refractivity contribution is 5.73. The van der Waals surface area contributed by atoms with Crippen LogP contribution in [0, 0.1) is 5.92 Å². The van der Waals surface area contributed by atoms with Crippen molar-refractivity contribution in [2.75, 3.05) is 6.54 Å². The summed E-state index contributed by atoms with van der Waals surface area (Å²) in [5.41, 5.74) is 4.19. The second-order valence-electron chi connectivity index (χ2n) is 7.89. The molecule has 2 bridgehead atoms. The third-order valence-electron chi connectivity index (χ3n) is 5.58. The van der Waals surface area contributed by atoms with Crippen LogP contribution >= 0.6 is 0 Å². The summed E-state index contributed by atoms with van der Waals surface area (Å²) >= 11 is 0. The van der Waals surface area contributed by atoms with Gasteiger partial charge in [0.2, 0.25) is 0 Å². The van der Waals surface area contributed by atoms with Gasteiger partial charge in [0.1, 0.15) is 0 Å². The molecular weight excluding hydrogens is 462 g/mol. The molecule has 2 aliphatic carbocycles. The first kappa shape index (κ1) is 26.8. The lowest BCUT2D eigenvalue weighted by atomic mass is 9.91. The molecule has 7 nitrogen and oxygen atoms in total. The van der Waals surface area contributed by atoms with Crippen molar-refractivity contribution < 1.29 is 50.9 Å². The molecule has 13 heteroatoms. The number of carbonyl (C=O) groups is 2. The Labute approximate surface area is 185 Å². The van der Waals surface area contributed by atoms with E-state index in [0.29, 0.717) is 12.1 Å². The van der Waals surface area contributed by atoms with Gasteiger partial charge >= 0.3 is 24.3 Å². The summed E-state index contributed by atoms with van der Waals surface area (Å²) in [6.07, 6.45) is -0.176. The lowest BCUT2D eigenvalue weighted by Crippen LogP contribution is -2.34. The van der Waals surface area contributed by atoms with Gasteiger partial charge in [0.25, 0.3) is 0 Å². The second kappa shape index (κ2) is 11.1. The second-order valence-corrected chi connectivity index (χ2v) is 7.89. The molecule has 3 N–H and O–H groups in total. The van der Waals surface area contributed by atoms with Crippen molar-refractivity contribution in [1.82, 2.24) is 10.3 Å². The number of halogens is 6. The molecule has 186 valence electrons.